The Balaban J connectivity index is 2.35. The van der Waals surface area contributed by atoms with E-state index in [1.54, 1.807) is 6.20 Å². The van der Waals surface area contributed by atoms with E-state index in [4.69, 9.17) is 0 Å². The van der Waals surface area contributed by atoms with E-state index < -0.39 is 0 Å². The van der Waals surface area contributed by atoms with E-state index in [0.29, 0.717) is 0 Å². The molecule has 0 saturated carbocycles. The van der Waals surface area contributed by atoms with E-state index >= 15 is 0 Å². The van der Waals surface area contributed by atoms with Crippen LogP contribution < -0.4 is 0 Å². The van der Waals surface area contributed by atoms with Gasteiger partial charge >= 0.3 is 0 Å². The zero-order valence-corrected chi connectivity index (χ0v) is 6.82. The van der Waals surface area contributed by atoms with Gasteiger partial charge in [-0.05, 0) is 12.5 Å². The summed E-state index contributed by atoms with van der Waals surface area (Å²) < 4.78 is 0. The van der Waals surface area contributed by atoms with Gasteiger partial charge in [0.15, 0.2) is 0 Å². The molecule has 3 heteroatoms. The molecule has 11 heavy (non-hydrogen) atoms. The number of aliphatic imine (C=N–C) groups is 1. The highest BCUT2D eigenvalue weighted by molar-refractivity contribution is 5.73. The maximum Gasteiger partial charge on any atom is 0.289 e. The SMILES string of the molecule is CCCCN1CC=CN=C1O. The van der Waals surface area contributed by atoms with Crippen LogP contribution in [0.4, 0.5) is 0 Å². The minimum atomic E-state index is 0.154. The molecule has 0 unspecified atom stereocenters. The van der Waals surface area contributed by atoms with Crippen LogP contribution in [0, 0.1) is 0 Å². The van der Waals surface area contributed by atoms with Gasteiger partial charge in [0.1, 0.15) is 0 Å². The van der Waals surface area contributed by atoms with Crippen molar-refractivity contribution in [1.82, 2.24) is 4.90 Å². The molecule has 0 aromatic heterocycles. The van der Waals surface area contributed by atoms with Crippen molar-refractivity contribution in [3.63, 3.8) is 0 Å². The van der Waals surface area contributed by atoms with Crippen molar-refractivity contribution in [1.29, 1.82) is 0 Å². The summed E-state index contributed by atoms with van der Waals surface area (Å²) in [5.74, 6) is 0. The first-order valence-electron chi connectivity index (χ1n) is 4.01. The monoisotopic (exact) mass is 154 g/mol. The van der Waals surface area contributed by atoms with Gasteiger partial charge in [0.25, 0.3) is 6.02 Å². The smallest absolute Gasteiger partial charge is 0.289 e. The second-order valence-corrected chi connectivity index (χ2v) is 2.61. The molecule has 3 nitrogen and oxygen atoms in total. The quantitative estimate of drug-likeness (QED) is 0.669. The molecule has 1 rings (SSSR count). The van der Waals surface area contributed by atoms with E-state index in [1.165, 1.54) is 0 Å². The lowest BCUT2D eigenvalue weighted by Gasteiger charge is -2.21. The number of rotatable bonds is 3. The molecule has 0 saturated heterocycles. The Morgan fingerprint density at radius 1 is 1.73 bits per heavy atom. The number of unbranched alkanes of at least 4 members (excludes halogenated alkanes) is 1. The molecule has 0 bridgehead atoms. The van der Waals surface area contributed by atoms with Crippen LogP contribution in [0.15, 0.2) is 17.3 Å². The van der Waals surface area contributed by atoms with E-state index in [1.807, 2.05) is 11.0 Å². The Kier molecular flexibility index (Phi) is 2.95. The fraction of sp³-hybridized carbons (Fsp3) is 0.625. The second-order valence-electron chi connectivity index (χ2n) is 2.61. The summed E-state index contributed by atoms with van der Waals surface area (Å²) in [6, 6.07) is 0.154. The largest absolute Gasteiger partial charge is 0.480 e. The van der Waals surface area contributed by atoms with Crippen LogP contribution in [-0.2, 0) is 0 Å². The average molecular weight is 154 g/mol. The number of hydrogen-bond donors (Lipinski definition) is 1. The van der Waals surface area contributed by atoms with Crippen LogP contribution >= 0.6 is 0 Å². The molecule has 1 heterocycles. The summed E-state index contributed by atoms with van der Waals surface area (Å²) in [6.07, 6.45) is 5.83. The average Bonchev–Trinajstić information content (AvgIpc) is 2.03. The topological polar surface area (TPSA) is 35.8 Å². The fourth-order valence-electron chi connectivity index (χ4n) is 0.997. The van der Waals surface area contributed by atoms with Crippen LogP contribution in [0.1, 0.15) is 19.8 Å². The number of aliphatic hydroxyl groups is 1. The predicted octanol–water partition coefficient (Wildman–Crippen LogP) is 1.53. The summed E-state index contributed by atoms with van der Waals surface area (Å²) >= 11 is 0. The van der Waals surface area contributed by atoms with E-state index in [-0.39, 0.29) is 6.02 Å². The molecule has 0 aliphatic carbocycles. The molecule has 0 aromatic rings. The first kappa shape index (κ1) is 8.11. The third-order valence-corrected chi connectivity index (χ3v) is 1.69. The lowest BCUT2D eigenvalue weighted by Crippen LogP contribution is -2.33. The van der Waals surface area contributed by atoms with Crippen molar-refractivity contribution in [2.24, 2.45) is 4.99 Å². The molecule has 0 aromatic carbocycles. The van der Waals surface area contributed by atoms with Gasteiger partial charge < -0.3 is 10.0 Å². The molecule has 0 fully saturated rings. The number of nitrogens with zero attached hydrogens (tertiary/aromatic N) is 2. The number of hydrogen-bond acceptors (Lipinski definition) is 2. The number of aliphatic hydroxyl groups excluding tert-OH is 1. The van der Waals surface area contributed by atoms with Gasteiger partial charge in [0, 0.05) is 19.3 Å². The molecule has 1 aliphatic heterocycles. The Hall–Kier alpha value is -0.990. The van der Waals surface area contributed by atoms with Gasteiger partial charge in [-0.2, -0.15) is 0 Å². The Morgan fingerprint density at radius 2 is 2.55 bits per heavy atom. The fourth-order valence-corrected chi connectivity index (χ4v) is 0.997. The van der Waals surface area contributed by atoms with Crippen molar-refractivity contribution < 1.29 is 5.11 Å². The van der Waals surface area contributed by atoms with Crippen LogP contribution in [-0.4, -0.2) is 29.1 Å². The minimum absolute atomic E-state index is 0.154. The Morgan fingerprint density at radius 3 is 3.18 bits per heavy atom. The van der Waals surface area contributed by atoms with Crippen molar-refractivity contribution in [3.8, 4) is 0 Å². The van der Waals surface area contributed by atoms with E-state index in [0.717, 1.165) is 25.9 Å². The first-order valence-corrected chi connectivity index (χ1v) is 4.01. The van der Waals surface area contributed by atoms with Gasteiger partial charge in [0.2, 0.25) is 0 Å². The summed E-state index contributed by atoms with van der Waals surface area (Å²) in [5.41, 5.74) is 0. The van der Waals surface area contributed by atoms with Crippen LogP contribution in [0.5, 0.6) is 0 Å². The molecule has 0 atom stereocenters. The summed E-state index contributed by atoms with van der Waals surface area (Å²) in [6.45, 7) is 3.82. The van der Waals surface area contributed by atoms with Crippen molar-refractivity contribution in [3.05, 3.63) is 12.3 Å². The maximum absolute atomic E-state index is 9.22. The van der Waals surface area contributed by atoms with E-state index in [2.05, 4.69) is 11.9 Å². The maximum atomic E-state index is 9.22. The first-order chi connectivity index (χ1) is 5.34. The van der Waals surface area contributed by atoms with Crippen LogP contribution in [0.3, 0.4) is 0 Å². The highest BCUT2D eigenvalue weighted by atomic mass is 16.3. The zero-order chi connectivity index (χ0) is 8.10. The Bertz CT molecular complexity index is 175. The highest BCUT2D eigenvalue weighted by Crippen LogP contribution is 2.00. The zero-order valence-electron chi connectivity index (χ0n) is 6.82. The van der Waals surface area contributed by atoms with E-state index in [9.17, 15) is 5.11 Å². The lowest BCUT2D eigenvalue weighted by molar-refractivity contribution is 0.345. The second kappa shape index (κ2) is 4.01. The molecular weight excluding hydrogens is 140 g/mol. The Labute approximate surface area is 67.0 Å². The number of amidine groups is 1. The summed E-state index contributed by atoms with van der Waals surface area (Å²) in [4.78, 5) is 5.65. The minimum Gasteiger partial charge on any atom is -0.480 e. The normalized spacial score (nSPS) is 16.8. The van der Waals surface area contributed by atoms with Crippen molar-refractivity contribution >= 4 is 6.02 Å². The predicted molar refractivity (Wildman–Crippen MR) is 45.7 cm³/mol. The van der Waals surface area contributed by atoms with Gasteiger partial charge in [-0.1, -0.05) is 13.3 Å². The highest BCUT2D eigenvalue weighted by Gasteiger charge is 2.08. The molecule has 0 spiro atoms. The third-order valence-electron chi connectivity index (χ3n) is 1.69. The molecular formula is C8H14N2O. The van der Waals surface area contributed by atoms with Crippen molar-refractivity contribution in [2.45, 2.75) is 19.8 Å². The molecule has 0 amide bonds. The molecule has 0 radical (unpaired) electrons. The van der Waals surface area contributed by atoms with Crippen LogP contribution in [0.2, 0.25) is 0 Å². The third kappa shape index (κ3) is 2.26. The molecule has 1 N–H and O–H groups in total. The lowest BCUT2D eigenvalue weighted by atomic mass is 10.3. The van der Waals surface area contributed by atoms with Gasteiger partial charge in [-0.15, -0.1) is 0 Å². The van der Waals surface area contributed by atoms with Gasteiger partial charge in [0.05, 0.1) is 0 Å². The van der Waals surface area contributed by atoms with Gasteiger partial charge in [-0.25, -0.2) is 4.99 Å². The van der Waals surface area contributed by atoms with Crippen LogP contribution in [0.25, 0.3) is 0 Å². The molecule has 62 valence electrons. The standard InChI is InChI=1S/C8H14N2O/c1-2-3-6-10-7-4-5-9-8(10)11/h4-5H,2-3,6-7H2,1H3,(H,9,11). The summed E-state index contributed by atoms with van der Waals surface area (Å²) in [7, 11) is 0. The summed E-state index contributed by atoms with van der Waals surface area (Å²) in [5, 5.41) is 9.22. The molecule has 1 aliphatic rings. The van der Waals surface area contributed by atoms with Crippen molar-refractivity contribution in [2.75, 3.05) is 13.1 Å². The van der Waals surface area contributed by atoms with Gasteiger partial charge in [-0.3, -0.25) is 0 Å².